The number of halogens is 2. The fourth-order valence-corrected chi connectivity index (χ4v) is 1.32. The summed E-state index contributed by atoms with van der Waals surface area (Å²) in [6.07, 6.45) is 2.26. The molecular formula is C12H12F2O. The van der Waals surface area contributed by atoms with E-state index in [1.807, 2.05) is 6.92 Å². The maximum absolute atomic E-state index is 12.9. The summed E-state index contributed by atoms with van der Waals surface area (Å²) in [5, 5.41) is 0. The Morgan fingerprint density at radius 2 is 2.00 bits per heavy atom. The number of rotatable bonds is 3. The maximum atomic E-state index is 12.9. The van der Waals surface area contributed by atoms with Gasteiger partial charge in [-0.25, -0.2) is 8.78 Å². The first-order chi connectivity index (χ1) is 7.10. The number of carbonyl (C=O) groups excluding carboxylic acids is 1. The maximum Gasteiger partial charge on any atom is 0.188 e. The van der Waals surface area contributed by atoms with E-state index in [-0.39, 0.29) is 11.3 Å². The fraction of sp³-hybridized carbons (Fsp3) is 0.250. The summed E-state index contributed by atoms with van der Waals surface area (Å²) in [6, 6.07) is 3.18. The molecule has 0 bridgehead atoms. The van der Waals surface area contributed by atoms with E-state index >= 15 is 0 Å². The Hall–Kier alpha value is -1.51. The second-order valence-electron chi connectivity index (χ2n) is 3.13. The molecule has 0 radical (unpaired) electrons. The third-order valence-corrected chi connectivity index (χ3v) is 2.20. The minimum absolute atomic E-state index is 0.184. The van der Waals surface area contributed by atoms with Gasteiger partial charge in [0, 0.05) is 5.56 Å². The van der Waals surface area contributed by atoms with Gasteiger partial charge in [0.2, 0.25) is 0 Å². The van der Waals surface area contributed by atoms with Crippen LogP contribution in [0.4, 0.5) is 8.78 Å². The molecule has 0 heterocycles. The number of carbonyl (C=O) groups is 1. The van der Waals surface area contributed by atoms with Crippen molar-refractivity contribution in [3.63, 3.8) is 0 Å². The summed E-state index contributed by atoms with van der Waals surface area (Å²) in [5.41, 5.74) is 0.782. The van der Waals surface area contributed by atoms with Crippen LogP contribution >= 0.6 is 0 Å². The van der Waals surface area contributed by atoms with Crippen molar-refractivity contribution in [1.82, 2.24) is 0 Å². The number of hydrogen-bond donors (Lipinski definition) is 0. The van der Waals surface area contributed by atoms with Gasteiger partial charge in [0.1, 0.15) is 0 Å². The van der Waals surface area contributed by atoms with Crippen LogP contribution in [0.3, 0.4) is 0 Å². The van der Waals surface area contributed by atoms with Gasteiger partial charge in [0.15, 0.2) is 17.4 Å². The highest BCUT2D eigenvalue weighted by Crippen LogP contribution is 2.14. The number of hydrogen-bond acceptors (Lipinski definition) is 1. The quantitative estimate of drug-likeness (QED) is 0.551. The van der Waals surface area contributed by atoms with E-state index in [0.717, 1.165) is 12.1 Å². The van der Waals surface area contributed by atoms with Crippen molar-refractivity contribution >= 4 is 5.78 Å². The molecule has 0 fully saturated rings. The van der Waals surface area contributed by atoms with Crippen LogP contribution in [-0.4, -0.2) is 5.78 Å². The van der Waals surface area contributed by atoms with Crippen LogP contribution in [0.15, 0.2) is 29.8 Å². The molecule has 80 valence electrons. The molecule has 0 unspecified atom stereocenters. The zero-order valence-electron chi connectivity index (χ0n) is 8.68. The van der Waals surface area contributed by atoms with Gasteiger partial charge in [-0.15, -0.1) is 0 Å². The normalized spacial score (nSPS) is 11.6. The molecule has 1 aromatic rings. The summed E-state index contributed by atoms with van der Waals surface area (Å²) in [6.45, 7) is 3.59. The molecule has 0 aliphatic rings. The van der Waals surface area contributed by atoms with Crippen molar-refractivity contribution < 1.29 is 13.6 Å². The molecule has 0 atom stereocenters. The average Bonchev–Trinajstić information content (AvgIpc) is 2.23. The lowest BCUT2D eigenvalue weighted by Gasteiger charge is -2.03. The molecule has 1 aromatic carbocycles. The van der Waals surface area contributed by atoms with E-state index in [4.69, 9.17) is 0 Å². The van der Waals surface area contributed by atoms with E-state index in [1.54, 1.807) is 13.0 Å². The van der Waals surface area contributed by atoms with Crippen LogP contribution in [0.5, 0.6) is 0 Å². The molecule has 0 saturated carbocycles. The lowest BCUT2D eigenvalue weighted by Crippen LogP contribution is -2.03. The second-order valence-corrected chi connectivity index (χ2v) is 3.13. The van der Waals surface area contributed by atoms with Crippen LogP contribution in [0.2, 0.25) is 0 Å². The minimum Gasteiger partial charge on any atom is -0.289 e. The lowest BCUT2D eigenvalue weighted by atomic mass is 10.0. The van der Waals surface area contributed by atoms with E-state index in [1.165, 1.54) is 6.07 Å². The molecule has 1 nitrogen and oxygen atoms in total. The summed E-state index contributed by atoms with van der Waals surface area (Å²) < 4.78 is 25.5. The first-order valence-electron chi connectivity index (χ1n) is 4.75. The van der Waals surface area contributed by atoms with Gasteiger partial charge in [0.05, 0.1) is 0 Å². The Labute approximate surface area is 87.4 Å². The van der Waals surface area contributed by atoms with E-state index in [9.17, 15) is 13.6 Å². The largest absolute Gasteiger partial charge is 0.289 e. The topological polar surface area (TPSA) is 17.1 Å². The van der Waals surface area contributed by atoms with Crippen LogP contribution in [0.1, 0.15) is 30.6 Å². The minimum atomic E-state index is -0.993. The van der Waals surface area contributed by atoms with Crippen LogP contribution in [0, 0.1) is 11.6 Å². The van der Waals surface area contributed by atoms with Gasteiger partial charge in [-0.05, 0) is 37.1 Å². The molecular weight excluding hydrogens is 198 g/mol. The standard InChI is InChI=1S/C12H12F2O/c1-3-8(4-2)12(15)9-5-6-10(13)11(14)7-9/h3,5-7H,4H2,1-2H3/b8-3-. The third-order valence-electron chi connectivity index (χ3n) is 2.20. The lowest BCUT2D eigenvalue weighted by molar-refractivity contribution is 0.103. The average molecular weight is 210 g/mol. The van der Waals surface area contributed by atoms with Crippen molar-refractivity contribution in [2.75, 3.05) is 0 Å². The molecule has 0 spiro atoms. The van der Waals surface area contributed by atoms with Crippen LogP contribution in [0.25, 0.3) is 0 Å². The van der Waals surface area contributed by atoms with Gasteiger partial charge < -0.3 is 0 Å². The molecule has 0 aromatic heterocycles. The molecule has 0 saturated heterocycles. The van der Waals surface area contributed by atoms with Gasteiger partial charge in [0.25, 0.3) is 0 Å². The Kier molecular flexibility index (Phi) is 3.72. The Bertz CT molecular complexity index is 408. The number of benzene rings is 1. The molecule has 0 N–H and O–H groups in total. The third kappa shape index (κ3) is 2.49. The molecule has 1 rings (SSSR count). The highest BCUT2D eigenvalue weighted by atomic mass is 19.2. The zero-order valence-corrected chi connectivity index (χ0v) is 8.68. The molecule has 15 heavy (non-hydrogen) atoms. The van der Waals surface area contributed by atoms with Crippen molar-refractivity contribution in [3.8, 4) is 0 Å². The van der Waals surface area contributed by atoms with E-state index in [0.29, 0.717) is 12.0 Å². The highest BCUT2D eigenvalue weighted by Gasteiger charge is 2.12. The smallest absolute Gasteiger partial charge is 0.188 e. The van der Waals surface area contributed by atoms with E-state index in [2.05, 4.69) is 0 Å². The monoisotopic (exact) mass is 210 g/mol. The van der Waals surface area contributed by atoms with Crippen molar-refractivity contribution in [2.45, 2.75) is 20.3 Å². The molecule has 0 aliphatic carbocycles. The molecule has 0 amide bonds. The highest BCUT2D eigenvalue weighted by molar-refractivity contribution is 6.08. The second kappa shape index (κ2) is 4.82. The van der Waals surface area contributed by atoms with Gasteiger partial charge in [-0.1, -0.05) is 13.0 Å². The summed E-state index contributed by atoms with van der Waals surface area (Å²) in [5.74, 6) is -2.18. The summed E-state index contributed by atoms with van der Waals surface area (Å²) in [7, 11) is 0. The van der Waals surface area contributed by atoms with Gasteiger partial charge >= 0.3 is 0 Å². The van der Waals surface area contributed by atoms with Crippen LogP contribution in [-0.2, 0) is 0 Å². The first-order valence-corrected chi connectivity index (χ1v) is 4.75. The zero-order chi connectivity index (χ0) is 11.4. The molecule has 0 aliphatic heterocycles. The number of ketones is 1. The van der Waals surface area contributed by atoms with Crippen molar-refractivity contribution in [1.29, 1.82) is 0 Å². The number of allylic oxidation sites excluding steroid dienone is 2. The Balaban J connectivity index is 3.07. The number of Topliss-reactive ketones (excluding diaryl/α,β-unsaturated/α-hetero) is 1. The SMILES string of the molecule is C/C=C(/CC)C(=O)c1ccc(F)c(F)c1. The predicted molar refractivity (Wildman–Crippen MR) is 54.7 cm³/mol. The Morgan fingerprint density at radius 1 is 1.33 bits per heavy atom. The van der Waals surface area contributed by atoms with Crippen molar-refractivity contribution in [3.05, 3.63) is 47.0 Å². The first kappa shape index (κ1) is 11.6. The fourth-order valence-electron chi connectivity index (χ4n) is 1.32. The van der Waals surface area contributed by atoms with Gasteiger partial charge in [-0.2, -0.15) is 0 Å². The van der Waals surface area contributed by atoms with Gasteiger partial charge in [-0.3, -0.25) is 4.79 Å². The molecule has 3 heteroatoms. The van der Waals surface area contributed by atoms with Crippen molar-refractivity contribution in [2.24, 2.45) is 0 Å². The summed E-state index contributed by atoms with van der Waals surface area (Å²) in [4.78, 5) is 11.7. The summed E-state index contributed by atoms with van der Waals surface area (Å²) >= 11 is 0. The predicted octanol–water partition coefficient (Wildman–Crippen LogP) is 3.50. The van der Waals surface area contributed by atoms with Crippen LogP contribution < -0.4 is 0 Å². The Morgan fingerprint density at radius 3 is 2.47 bits per heavy atom. The van der Waals surface area contributed by atoms with E-state index < -0.39 is 11.6 Å².